The Morgan fingerprint density at radius 2 is 2.19 bits per heavy atom. The summed E-state index contributed by atoms with van der Waals surface area (Å²) in [4.78, 5) is 15.9. The number of hydrogen-bond donors (Lipinski definition) is 1. The lowest BCUT2D eigenvalue weighted by Crippen LogP contribution is -2.23. The molecule has 5 nitrogen and oxygen atoms in total. The van der Waals surface area contributed by atoms with Crippen LogP contribution in [0.25, 0.3) is 11.8 Å². The summed E-state index contributed by atoms with van der Waals surface area (Å²) >= 11 is 3.28. The van der Waals surface area contributed by atoms with Gasteiger partial charge in [0.25, 0.3) is 0 Å². The Bertz CT molecular complexity index is 924. The number of aromatic nitrogens is 3. The van der Waals surface area contributed by atoms with Gasteiger partial charge in [-0.15, -0.1) is 0 Å². The lowest BCUT2D eigenvalue weighted by atomic mass is 10.2. The minimum absolute atomic E-state index is 0.227. The maximum absolute atomic E-state index is 14.2. The van der Waals surface area contributed by atoms with Gasteiger partial charge in [0.2, 0.25) is 5.91 Å². The van der Waals surface area contributed by atoms with E-state index in [0.717, 1.165) is 10.0 Å². The van der Waals surface area contributed by atoms with Crippen molar-refractivity contribution >= 4 is 27.9 Å². The number of carbonyl (C=O) groups excluding carboxylic acids is 1. The second-order valence-electron chi connectivity index (χ2n) is 5.55. The number of pyridine rings is 1. The third-order valence-electron chi connectivity index (χ3n) is 3.63. The van der Waals surface area contributed by atoms with Gasteiger partial charge in [-0.05, 0) is 57.8 Å². The summed E-state index contributed by atoms with van der Waals surface area (Å²) in [6, 6.07) is 8.53. The number of carbonyl (C=O) groups is 1. The molecule has 1 N–H and O–H groups in total. The predicted molar refractivity (Wildman–Crippen MR) is 101 cm³/mol. The van der Waals surface area contributed by atoms with Crippen LogP contribution in [0.15, 0.2) is 65.7 Å². The van der Waals surface area contributed by atoms with E-state index in [0.29, 0.717) is 24.2 Å². The third kappa shape index (κ3) is 4.86. The summed E-state index contributed by atoms with van der Waals surface area (Å²) < 4.78 is 16.5. The molecular formula is C19H16BrFN4O. The molecule has 0 unspecified atom stereocenters. The molecule has 26 heavy (non-hydrogen) atoms. The van der Waals surface area contributed by atoms with Crippen molar-refractivity contribution in [3.8, 4) is 5.69 Å². The normalized spacial score (nSPS) is 11.0. The van der Waals surface area contributed by atoms with E-state index < -0.39 is 5.82 Å². The monoisotopic (exact) mass is 414 g/mol. The Morgan fingerprint density at radius 3 is 2.88 bits per heavy atom. The number of nitrogens with zero attached hydrogens (tertiary/aromatic N) is 3. The Kier molecular flexibility index (Phi) is 5.91. The fraction of sp³-hybridized carbons (Fsp3) is 0.105. The van der Waals surface area contributed by atoms with E-state index in [-0.39, 0.29) is 5.91 Å². The first-order valence-electron chi connectivity index (χ1n) is 7.97. The van der Waals surface area contributed by atoms with Gasteiger partial charge in [0, 0.05) is 31.2 Å². The van der Waals surface area contributed by atoms with Crippen LogP contribution in [0.2, 0.25) is 0 Å². The van der Waals surface area contributed by atoms with Crippen LogP contribution in [-0.2, 0) is 11.2 Å². The van der Waals surface area contributed by atoms with Gasteiger partial charge in [-0.1, -0.05) is 12.1 Å². The zero-order valence-corrected chi connectivity index (χ0v) is 15.4. The summed E-state index contributed by atoms with van der Waals surface area (Å²) in [7, 11) is 0. The van der Waals surface area contributed by atoms with E-state index in [1.807, 2.05) is 12.1 Å². The molecule has 132 valence electrons. The average molecular weight is 415 g/mol. The van der Waals surface area contributed by atoms with Crippen molar-refractivity contribution in [2.24, 2.45) is 0 Å². The minimum atomic E-state index is -0.417. The van der Waals surface area contributed by atoms with Crippen LogP contribution in [0.3, 0.4) is 0 Å². The van der Waals surface area contributed by atoms with Gasteiger partial charge in [0.1, 0.15) is 11.5 Å². The standard InChI is InChI=1S/C19H16BrFN4O/c20-16-12-24-25(13-16)18-5-3-14(10-17(18)21)4-6-19(26)23-9-7-15-2-1-8-22-11-15/h1-6,8,10-13H,7,9H2,(H,23,26)/b6-4+. The van der Waals surface area contributed by atoms with E-state index >= 15 is 0 Å². The van der Waals surface area contributed by atoms with Crippen LogP contribution in [0.4, 0.5) is 4.39 Å². The molecule has 0 saturated carbocycles. The minimum Gasteiger partial charge on any atom is -0.352 e. The van der Waals surface area contributed by atoms with Crippen molar-refractivity contribution in [1.82, 2.24) is 20.1 Å². The van der Waals surface area contributed by atoms with Gasteiger partial charge < -0.3 is 5.32 Å². The highest BCUT2D eigenvalue weighted by Gasteiger charge is 2.06. The zero-order valence-electron chi connectivity index (χ0n) is 13.8. The molecule has 1 aromatic carbocycles. The molecule has 3 aromatic rings. The second-order valence-corrected chi connectivity index (χ2v) is 6.47. The van der Waals surface area contributed by atoms with Crippen LogP contribution in [-0.4, -0.2) is 27.2 Å². The number of benzene rings is 1. The molecule has 0 aliphatic heterocycles. The summed E-state index contributed by atoms with van der Waals surface area (Å²) in [5.41, 5.74) is 1.99. The molecule has 2 aromatic heterocycles. The Labute approximate surface area is 158 Å². The lowest BCUT2D eigenvalue weighted by Gasteiger charge is -2.04. The third-order valence-corrected chi connectivity index (χ3v) is 4.04. The maximum atomic E-state index is 14.2. The van der Waals surface area contributed by atoms with E-state index in [2.05, 4.69) is 31.3 Å². The molecule has 0 bridgehead atoms. The Morgan fingerprint density at radius 1 is 1.31 bits per heavy atom. The molecule has 0 aliphatic carbocycles. The van der Waals surface area contributed by atoms with Crippen molar-refractivity contribution < 1.29 is 9.18 Å². The van der Waals surface area contributed by atoms with Crippen molar-refractivity contribution in [3.05, 3.63) is 82.6 Å². The lowest BCUT2D eigenvalue weighted by molar-refractivity contribution is -0.116. The Hall–Kier alpha value is -2.80. The van der Waals surface area contributed by atoms with Crippen LogP contribution >= 0.6 is 15.9 Å². The topological polar surface area (TPSA) is 59.8 Å². The first kappa shape index (κ1) is 18.0. The average Bonchev–Trinajstić information content (AvgIpc) is 3.07. The SMILES string of the molecule is O=C(/C=C/c1ccc(-n2cc(Br)cn2)c(F)c1)NCCc1cccnc1. The van der Waals surface area contributed by atoms with Crippen LogP contribution in [0.1, 0.15) is 11.1 Å². The molecular weight excluding hydrogens is 399 g/mol. The highest BCUT2D eigenvalue weighted by molar-refractivity contribution is 9.10. The van der Waals surface area contributed by atoms with Crippen molar-refractivity contribution in [2.45, 2.75) is 6.42 Å². The highest BCUT2D eigenvalue weighted by Crippen LogP contribution is 2.17. The van der Waals surface area contributed by atoms with Gasteiger partial charge in [0.05, 0.1) is 10.7 Å². The van der Waals surface area contributed by atoms with Crippen LogP contribution in [0.5, 0.6) is 0 Å². The summed E-state index contributed by atoms with van der Waals surface area (Å²) in [5, 5.41) is 6.84. The fourth-order valence-corrected chi connectivity index (χ4v) is 2.64. The van der Waals surface area contributed by atoms with Crippen molar-refractivity contribution in [2.75, 3.05) is 6.54 Å². The molecule has 0 atom stereocenters. The van der Waals surface area contributed by atoms with Crippen molar-refractivity contribution in [1.29, 1.82) is 0 Å². The van der Waals surface area contributed by atoms with Crippen LogP contribution < -0.4 is 5.32 Å². The molecule has 7 heteroatoms. The number of rotatable bonds is 6. The molecule has 0 fully saturated rings. The fourth-order valence-electron chi connectivity index (χ4n) is 2.35. The molecule has 0 radical (unpaired) electrons. The van der Waals surface area contributed by atoms with E-state index in [4.69, 9.17) is 0 Å². The van der Waals surface area contributed by atoms with Gasteiger partial charge in [-0.25, -0.2) is 9.07 Å². The van der Waals surface area contributed by atoms with Gasteiger partial charge in [0.15, 0.2) is 0 Å². The molecule has 0 aliphatic rings. The number of amides is 1. The summed E-state index contributed by atoms with van der Waals surface area (Å²) in [6.45, 7) is 0.510. The smallest absolute Gasteiger partial charge is 0.244 e. The number of halogens is 2. The van der Waals surface area contributed by atoms with E-state index in [9.17, 15) is 9.18 Å². The molecule has 0 saturated heterocycles. The highest BCUT2D eigenvalue weighted by atomic mass is 79.9. The van der Waals surface area contributed by atoms with Crippen LogP contribution in [0, 0.1) is 5.82 Å². The molecule has 3 rings (SSSR count). The maximum Gasteiger partial charge on any atom is 0.244 e. The van der Waals surface area contributed by atoms with Gasteiger partial charge in [-0.3, -0.25) is 9.78 Å². The van der Waals surface area contributed by atoms with Gasteiger partial charge >= 0.3 is 0 Å². The summed E-state index contributed by atoms with van der Waals surface area (Å²) in [6.07, 6.45) is 10.4. The molecule has 1 amide bonds. The van der Waals surface area contributed by atoms with Gasteiger partial charge in [-0.2, -0.15) is 5.10 Å². The second kappa shape index (κ2) is 8.53. The number of hydrogen-bond acceptors (Lipinski definition) is 3. The largest absolute Gasteiger partial charge is 0.352 e. The molecule has 2 heterocycles. The van der Waals surface area contributed by atoms with E-state index in [1.54, 1.807) is 43.0 Å². The first-order valence-corrected chi connectivity index (χ1v) is 8.76. The molecule has 0 spiro atoms. The van der Waals surface area contributed by atoms with E-state index in [1.165, 1.54) is 16.8 Å². The zero-order chi connectivity index (χ0) is 18.4. The quantitative estimate of drug-likeness (QED) is 0.627. The number of nitrogens with one attached hydrogen (secondary N) is 1. The predicted octanol–water partition coefficient (Wildman–Crippen LogP) is 3.54. The Balaban J connectivity index is 1.56. The summed E-state index contributed by atoms with van der Waals surface area (Å²) in [5.74, 6) is -0.644. The van der Waals surface area contributed by atoms with Crippen molar-refractivity contribution in [3.63, 3.8) is 0 Å². The first-order chi connectivity index (χ1) is 12.6.